The molecule has 140 valence electrons. The third-order valence-electron chi connectivity index (χ3n) is 3.46. The van der Waals surface area contributed by atoms with Gasteiger partial charge in [-0.3, -0.25) is 14.4 Å². The number of rotatable bonds is 2. The Morgan fingerprint density at radius 3 is 1.93 bits per heavy atom. The number of imide groups is 1. The van der Waals surface area contributed by atoms with E-state index in [1.165, 1.54) is 30.3 Å². The molecule has 1 heterocycles. The summed E-state index contributed by atoms with van der Waals surface area (Å²) in [5.74, 6) is -3.26. The zero-order valence-corrected chi connectivity index (χ0v) is 15.2. The van der Waals surface area contributed by atoms with Crippen molar-refractivity contribution in [2.45, 2.75) is 6.92 Å². The highest BCUT2D eigenvalue weighted by atomic mass is 35.5. The lowest BCUT2D eigenvalue weighted by Gasteiger charge is -2.15. The molecule has 0 spiro atoms. The van der Waals surface area contributed by atoms with E-state index < -0.39 is 23.8 Å². The second kappa shape index (κ2) is 7.65. The lowest BCUT2D eigenvalue weighted by atomic mass is 10.1. The quantitative estimate of drug-likeness (QED) is 0.510. The zero-order valence-electron chi connectivity index (χ0n) is 13.7. The van der Waals surface area contributed by atoms with Gasteiger partial charge in [-0.1, -0.05) is 23.2 Å². The van der Waals surface area contributed by atoms with Crippen LogP contribution in [0.15, 0.2) is 30.3 Å². The molecule has 3 rings (SSSR count). The molecule has 0 saturated carbocycles. The Hall–Kier alpha value is -3.10. The van der Waals surface area contributed by atoms with E-state index in [1.807, 2.05) is 0 Å². The van der Waals surface area contributed by atoms with Gasteiger partial charge in [0.05, 0.1) is 38.1 Å². The fraction of sp³-hybridized carbons (Fsp3) is 0.0588. The van der Waals surface area contributed by atoms with Crippen molar-refractivity contribution < 1.29 is 29.4 Å². The molecule has 0 saturated heterocycles. The van der Waals surface area contributed by atoms with Crippen LogP contribution in [0.25, 0.3) is 0 Å². The average Bonchev–Trinajstić information content (AvgIpc) is 2.82. The first-order valence-electron chi connectivity index (χ1n) is 7.24. The summed E-state index contributed by atoms with van der Waals surface area (Å²) in [6.45, 7) is 1.08. The molecule has 4 N–H and O–H groups in total. The largest absolute Gasteiger partial charge is 0.481 e. The number of hydrogen-bond donors (Lipinski definition) is 3. The molecule has 0 atom stereocenters. The van der Waals surface area contributed by atoms with E-state index in [-0.39, 0.29) is 38.1 Å². The molecular weight excluding hydrogens is 399 g/mol. The fourth-order valence-electron chi connectivity index (χ4n) is 2.31. The minimum Gasteiger partial charge on any atom is -0.481 e. The third-order valence-corrected chi connectivity index (χ3v) is 4.08. The predicted molar refractivity (Wildman–Crippen MR) is 98.7 cm³/mol. The van der Waals surface area contributed by atoms with Crippen molar-refractivity contribution in [2.75, 3.05) is 10.6 Å². The summed E-state index contributed by atoms with van der Waals surface area (Å²) in [7, 11) is 0. The van der Waals surface area contributed by atoms with Gasteiger partial charge in [-0.05, 0) is 30.3 Å². The maximum absolute atomic E-state index is 12.5. The Kier molecular flexibility index (Phi) is 5.72. The number of aliphatic carboxylic acids is 1. The van der Waals surface area contributed by atoms with E-state index in [0.29, 0.717) is 0 Å². The van der Waals surface area contributed by atoms with Crippen molar-refractivity contribution in [1.29, 1.82) is 0 Å². The number of nitrogen functional groups attached to an aromatic ring is 1. The number of benzene rings is 2. The van der Waals surface area contributed by atoms with Gasteiger partial charge in [0.15, 0.2) is 0 Å². The zero-order chi connectivity index (χ0) is 20.5. The average molecular weight is 411 g/mol. The molecule has 0 radical (unpaired) electrons. The molecule has 2 aromatic rings. The van der Waals surface area contributed by atoms with Gasteiger partial charge in [0.1, 0.15) is 0 Å². The number of amides is 2. The summed E-state index contributed by atoms with van der Waals surface area (Å²) in [6, 6.07) is 6.43. The summed E-state index contributed by atoms with van der Waals surface area (Å²) in [5, 5.41) is 16.6. The Labute approximate surface area is 162 Å². The molecule has 10 heteroatoms. The van der Waals surface area contributed by atoms with Crippen molar-refractivity contribution >= 4 is 58.3 Å². The number of nitrogens with two attached hydrogens (primary N) is 1. The number of carboxylic acid groups (broad SMARTS) is 2. The molecule has 27 heavy (non-hydrogen) atoms. The van der Waals surface area contributed by atoms with Gasteiger partial charge in [0.25, 0.3) is 17.8 Å². The van der Waals surface area contributed by atoms with Gasteiger partial charge in [-0.25, -0.2) is 9.69 Å². The van der Waals surface area contributed by atoms with E-state index in [4.69, 9.17) is 43.9 Å². The van der Waals surface area contributed by atoms with Gasteiger partial charge in [0, 0.05) is 6.92 Å². The number of carboxylic acids is 2. The summed E-state index contributed by atoms with van der Waals surface area (Å²) in [6.07, 6.45) is 0. The second-order valence-corrected chi connectivity index (χ2v) is 6.17. The van der Waals surface area contributed by atoms with Crippen LogP contribution in [0.1, 0.15) is 38.0 Å². The van der Waals surface area contributed by atoms with Crippen LogP contribution in [-0.2, 0) is 4.79 Å². The summed E-state index contributed by atoms with van der Waals surface area (Å²) < 4.78 is 0. The number of carbonyl (C=O) groups excluding carboxylic acids is 2. The highest BCUT2D eigenvalue weighted by molar-refractivity contribution is 6.40. The molecule has 0 aromatic heterocycles. The first kappa shape index (κ1) is 20.2. The van der Waals surface area contributed by atoms with Crippen molar-refractivity contribution in [3.05, 3.63) is 57.1 Å². The van der Waals surface area contributed by atoms with E-state index in [9.17, 15) is 14.4 Å². The van der Waals surface area contributed by atoms with Gasteiger partial charge in [-0.15, -0.1) is 0 Å². The maximum atomic E-state index is 12.5. The minimum absolute atomic E-state index is 0.0129. The standard InChI is InChI=1S/C15H8Cl2N2O4.C2H4O2/c16-10-4-7(5-11(17)12(10)18)19-13(20)8-2-1-6(15(22)23)3-9(8)14(19)21;1-2(3)4/h1-5H,18H2,(H,22,23);1H3,(H,3,4). The second-order valence-electron chi connectivity index (χ2n) is 5.35. The first-order valence-corrected chi connectivity index (χ1v) is 8.00. The van der Waals surface area contributed by atoms with Crippen LogP contribution in [0.3, 0.4) is 0 Å². The molecule has 2 aromatic carbocycles. The Bertz CT molecular complexity index is 962. The molecule has 1 aliphatic heterocycles. The number of fused-ring (bicyclic) bond motifs is 1. The molecular formula is C17H12Cl2N2O6. The van der Waals surface area contributed by atoms with Crippen LogP contribution in [-0.4, -0.2) is 34.0 Å². The molecule has 0 bridgehead atoms. The molecule has 0 fully saturated rings. The third kappa shape index (κ3) is 4.02. The topological polar surface area (TPSA) is 138 Å². The van der Waals surface area contributed by atoms with Gasteiger partial charge < -0.3 is 15.9 Å². The minimum atomic E-state index is -1.19. The smallest absolute Gasteiger partial charge is 0.335 e. The lowest BCUT2D eigenvalue weighted by Crippen LogP contribution is -2.29. The predicted octanol–water partition coefficient (Wildman–Crippen LogP) is 3.17. The van der Waals surface area contributed by atoms with Crippen molar-refractivity contribution in [3.8, 4) is 0 Å². The number of anilines is 2. The number of aromatic carboxylic acids is 1. The van der Waals surface area contributed by atoms with Gasteiger partial charge in [-0.2, -0.15) is 0 Å². The number of halogens is 2. The van der Waals surface area contributed by atoms with E-state index >= 15 is 0 Å². The van der Waals surface area contributed by atoms with Crippen molar-refractivity contribution in [3.63, 3.8) is 0 Å². The van der Waals surface area contributed by atoms with E-state index in [0.717, 1.165) is 11.8 Å². The first-order chi connectivity index (χ1) is 12.5. The molecule has 0 aliphatic carbocycles. The lowest BCUT2D eigenvalue weighted by molar-refractivity contribution is -0.134. The van der Waals surface area contributed by atoms with Crippen LogP contribution in [0.4, 0.5) is 11.4 Å². The summed E-state index contributed by atoms with van der Waals surface area (Å²) in [4.78, 5) is 45.8. The Morgan fingerprint density at radius 1 is 0.963 bits per heavy atom. The van der Waals surface area contributed by atoms with E-state index in [1.54, 1.807) is 0 Å². The Morgan fingerprint density at radius 2 is 1.44 bits per heavy atom. The van der Waals surface area contributed by atoms with Crippen molar-refractivity contribution in [2.24, 2.45) is 0 Å². The van der Waals surface area contributed by atoms with Crippen molar-refractivity contribution in [1.82, 2.24) is 0 Å². The molecule has 0 unspecified atom stereocenters. The normalized spacial score (nSPS) is 12.3. The van der Waals surface area contributed by atoms with Crippen LogP contribution in [0, 0.1) is 0 Å². The summed E-state index contributed by atoms with van der Waals surface area (Å²) >= 11 is 11.9. The van der Waals surface area contributed by atoms with Crippen LogP contribution < -0.4 is 10.6 Å². The SMILES string of the molecule is CC(=O)O.Nc1c(Cl)cc(N2C(=O)c3ccc(C(=O)O)cc3C2=O)cc1Cl. The summed E-state index contributed by atoms with van der Waals surface area (Å²) in [5.41, 5.74) is 5.99. The van der Waals surface area contributed by atoms with Crippen LogP contribution >= 0.6 is 23.2 Å². The Balaban J connectivity index is 0.000000596. The fourth-order valence-corrected chi connectivity index (χ4v) is 2.78. The van der Waals surface area contributed by atoms with Gasteiger partial charge >= 0.3 is 5.97 Å². The van der Waals surface area contributed by atoms with Crippen LogP contribution in [0.2, 0.25) is 10.0 Å². The highest BCUT2D eigenvalue weighted by Gasteiger charge is 2.37. The van der Waals surface area contributed by atoms with Gasteiger partial charge in [0.2, 0.25) is 0 Å². The number of carbonyl (C=O) groups is 4. The highest BCUT2D eigenvalue weighted by Crippen LogP contribution is 2.36. The number of hydrogen-bond acceptors (Lipinski definition) is 5. The molecule has 2 amide bonds. The van der Waals surface area contributed by atoms with Crippen LogP contribution in [0.5, 0.6) is 0 Å². The maximum Gasteiger partial charge on any atom is 0.335 e. The monoisotopic (exact) mass is 410 g/mol. The molecule has 8 nitrogen and oxygen atoms in total. The van der Waals surface area contributed by atoms with E-state index in [2.05, 4.69) is 0 Å². The molecule has 1 aliphatic rings. The number of nitrogens with zero attached hydrogens (tertiary/aromatic N) is 1.